The van der Waals surface area contributed by atoms with E-state index < -0.39 is 15.4 Å². The number of hydrogen-bond donors (Lipinski definition) is 0. The van der Waals surface area contributed by atoms with Crippen LogP contribution in [0.15, 0.2) is 0 Å². The Morgan fingerprint density at radius 3 is 1.24 bits per heavy atom. The van der Waals surface area contributed by atoms with E-state index >= 15 is 0 Å². The predicted octanol–water partition coefficient (Wildman–Crippen LogP) is 6.16. The van der Waals surface area contributed by atoms with Gasteiger partial charge in [0.15, 0.2) is 0 Å². The van der Waals surface area contributed by atoms with E-state index in [1.54, 1.807) is 7.11 Å². The van der Waals surface area contributed by atoms with E-state index in [1.807, 2.05) is 0 Å². The molecule has 0 amide bonds. The molecule has 0 aliphatic heterocycles. The van der Waals surface area contributed by atoms with E-state index in [-0.39, 0.29) is 0 Å². The second-order valence-corrected chi connectivity index (χ2v) is 15.7. The molecule has 0 unspecified atom stereocenters. The number of nitrogens with zero attached hydrogens (tertiary/aromatic N) is 1. The van der Waals surface area contributed by atoms with Gasteiger partial charge in [0.25, 0.3) is 0 Å². The summed E-state index contributed by atoms with van der Waals surface area (Å²) >= 11 is 0. The molecule has 0 saturated heterocycles. The van der Waals surface area contributed by atoms with Crippen LogP contribution >= 0.6 is 15.4 Å². The molecule has 0 atom stereocenters. The molecule has 0 aliphatic carbocycles. The van der Waals surface area contributed by atoms with Crippen molar-refractivity contribution < 1.29 is 27.7 Å². The second-order valence-electron chi connectivity index (χ2n) is 8.53. The molecule has 9 heteroatoms. The summed E-state index contributed by atoms with van der Waals surface area (Å²) < 4.78 is 30.7. The zero-order valence-corrected chi connectivity index (χ0v) is 24.9. The molecule has 0 aromatic rings. The number of hydrogen-bond acceptors (Lipinski definition) is 7. The van der Waals surface area contributed by atoms with Gasteiger partial charge in [-0.25, -0.2) is 0 Å². The summed E-state index contributed by atoms with van der Waals surface area (Å²) in [6.45, 7) is 19.0. The van der Waals surface area contributed by atoms with Gasteiger partial charge < -0.3 is 0 Å². The molecule has 33 heavy (non-hydrogen) atoms. The Kier molecular flexibility index (Phi) is 22.2. The first-order valence-corrected chi connectivity index (χ1v) is 17.9. The van der Waals surface area contributed by atoms with Crippen molar-refractivity contribution in [2.45, 2.75) is 73.6 Å². The normalized spacial score (nSPS) is 13.7. The van der Waals surface area contributed by atoms with Crippen LogP contribution in [0.1, 0.15) is 73.6 Å². The average Bonchev–Trinajstić information content (AvgIpc) is 2.85. The molecule has 0 rings (SSSR count). The quantitative estimate of drug-likeness (QED) is 0.0816. The molecule has 0 saturated carbocycles. The van der Waals surface area contributed by atoms with E-state index in [4.69, 9.17) is 27.7 Å². The maximum absolute atomic E-state index is 6.37. The minimum atomic E-state index is -2.25. The molecule has 7 nitrogen and oxygen atoms in total. The van der Waals surface area contributed by atoms with Crippen LogP contribution in [0.25, 0.3) is 0 Å². The zero-order valence-electron chi connectivity index (χ0n) is 22.9. The van der Waals surface area contributed by atoms with Gasteiger partial charge in [-0.3, -0.25) is 0 Å². The van der Waals surface area contributed by atoms with E-state index in [9.17, 15) is 0 Å². The third-order valence-corrected chi connectivity index (χ3v) is 12.7. The summed E-state index contributed by atoms with van der Waals surface area (Å²) in [6, 6.07) is 0. The number of hydroxylamine groups is 2. The third-order valence-electron chi connectivity index (χ3n) is 5.61. The van der Waals surface area contributed by atoms with Gasteiger partial charge in [-0.2, -0.15) is 0 Å². The summed E-state index contributed by atoms with van der Waals surface area (Å²) in [5.74, 6) is 0. The molecule has 0 spiro atoms. The van der Waals surface area contributed by atoms with Gasteiger partial charge in [-0.1, -0.05) is 0 Å². The van der Waals surface area contributed by atoms with E-state index in [0.717, 1.165) is 96.3 Å². The van der Waals surface area contributed by atoms with Gasteiger partial charge >= 0.3 is 206 Å². The van der Waals surface area contributed by atoms with Crippen LogP contribution in [-0.2, 0) is 27.7 Å². The van der Waals surface area contributed by atoms with Gasteiger partial charge in [0.1, 0.15) is 0 Å². The van der Waals surface area contributed by atoms with Crippen LogP contribution in [-0.4, -0.2) is 89.6 Å². The van der Waals surface area contributed by atoms with Gasteiger partial charge in [-0.15, -0.1) is 0 Å². The molecule has 0 fully saturated rings. The number of ether oxygens (including phenoxy) is 1. The maximum atomic E-state index is 6.37. The Hall–Kier alpha value is 0.580. The van der Waals surface area contributed by atoms with Crippen molar-refractivity contribution in [2.75, 3.05) is 84.5 Å². The van der Waals surface area contributed by atoms with Gasteiger partial charge in [0, 0.05) is 0 Å². The summed E-state index contributed by atoms with van der Waals surface area (Å²) in [5.41, 5.74) is 0. The fraction of sp³-hybridized carbons (Fsp3) is 1.00. The van der Waals surface area contributed by atoms with Crippen molar-refractivity contribution in [1.82, 2.24) is 5.06 Å². The van der Waals surface area contributed by atoms with Crippen molar-refractivity contribution >= 4 is 15.4 Å². The van der Waals surface area contributed by atoms with Crippen molar-refractivity contribution in [3.05, 3.63) is 0 Å². The monoisotopic (exact) mass is 517 g/mol. The van der Waals surface area contributed by atoms with Crippen molar-refractivity contribution in [3.8, 4) is 0 Å². The summed E-state index contributed by atoms with van der Waals surface area (Å²) in [4.78, 5) is 6.22. The number of rotatable bonds is 25. The zero-order chi connectivity index (χ0) is 24.8. The topological polar surface area (TPSA) is 58.6 Å². The first-order chi connectivity index (χ1) is 16.0. The van der Waals surface area contributed by atoms with Gasteiger partial charge in [0.05, 0.1) is 0 Å². The van der Waals surface area contributed by atoms with E-state index in [0.29, 0.717) is 13.2 Å². The molecular formula is C24H57NO6P2. The van der Waals surface area contributed by atoms with E-state index in [2.05, 4.69) is 46.6 Å². The Bertz CT molecular complexity index is 386. The molecule has 0 aromatic carbocycles. The Morgan fingerprint density at radius 2 is 0.939 bits per heavy atom. The minimum absolute atomic E-state index is 0.645. The molecular weight excluding hydrogens is 460 g/mol. The molecule has 0 aromatic heterocycles. The molecule has 0 aliphatic rings. The first kappa shape index (κ1) is 33.6. The summed E-state index contributed by atoms with van der Waals surface area (Å²) in [5, 5.41) is 2.11. The predicted molar refractivity (Wildman–Crippen MR) is 146 cm³/mol. The van der Waals surface area contributed by atoms with Crippen molar-refractivity contribution in [1.29, 1.82) is 0 Å². The summed E-state index contributed by atoms with van der Waals surface area (Å²) in [6.07, 6.45) is 8.63. The van der Waals surface area contributed by atoms with Crippen LogP contribution in [0, 0.1) is 0 Å². The van der Waals surface area contributed by atoms with E-state index in [1.165, 1.54) is 0 Å². The average molecular weight is 518 g/mol. The Labute approximate surface area is 206 Å². The molecule has 0 heterocycles. The van der Waals surface area contributed by atoms with Crippen LogP contribution in [0.4, 0.5) is 0 Å². The van der Waals surface area contributed by atoms with Crippen LogP contribution < -0.4 is 0 Å². The number of methoxy groups -OCH3 is 1. The van der Waals surface area contributed by atoms with Crippen LogP contribution in [0.2, 0.25) is 0 Å². The molecule has 0 radical (unpaired) electrons. The fourth-order valence-corrected chi connectivity index (χ4v) is 9.27. The Balaban J connectivity index is 5.27. The SMILES string of the molecule is CCCO[PH](CC)(CCN(CC[PH](CC)(OCCC)OCCC)OCCCOC)OCCC. The van der Waals surface area contributed by atoms with Crippen molar-refractivity contribution in [3.63, 3.8) is 0 Å². The molecule has 0 N–H and O–H groups in total. The standard InChI is InChI=1S/C24H57NO6P2/c1-8-17-28-32(12-5,29-18-9-2)23-15-25(27-22-14-21-26-7)16-24-33(13-6,30-19-10-3)31-20-11-4/h32-33H,8-24H2,1-7H3. The second kappa shape index (κ2) is 21.8. The fourth-order valence-electron chi connectivity index (χ4n) is 3.51. The van der Waals surface area contributed by atoms with Crippen molar-refractivity contribution in [2.24, 2.45) is 0 Å². The molecule has 0 bridgehead atoms. The van der Waals surface area contributed by atoms with Gasteiger partial charge in [-0.05, 0) is 0 Å². The third kappa shape index (κ3) is 15.3. The first-order valence-electron chi connectivity index (χ1n) is 13.4. The van der Waals surface area contributed by atoms with Crippen LogP contribution in [0.3, 0.4) is 0 Å². The van der Waals surface area contributed by atoms with Crippen LogP contribution in [0.5, 0.6) is 0 Å². The summed E-state index contributed by atoms with van der Waals surface area (Å²) in [7, 11) is -2.77. The molecule has 204 valence electrons. The Morgan fingerprint density at radius 1 is 0.545 bits per heavy atom. The van der Waals surface area contributed by atoms with Gasteiger partial charge in [0.2, 0.25) is 0 Å².